The third-order valence-electron chi connectivity index (χ3n) is 3.35. The zero-order valence-corrected chi connectivity index (χ0v) is 13.8. The molecule has 5 heteroatoms. The lowest BCUT2D eigenvalue weighted by Crippen LogP contribution is -2.30. The summed E-state index contributed by atoms with van der Waals surface area (Å²) in [6, 6.07) is 6.04. The zero-order valence-electron chi connectivity index (χ0n) is 13.8. The number of hydrogen-bond donors (Lipinski definition) is 1. The fourth-order valence-corrected chi connectivity index (χ4v) is 1.89. The summed E-state index contributed by atoms with van der Waals surface area (Å²) in [5.41, 5.74) is 2.18. The number of aryl methyl sites for hydroxylation is 1. The second-order valence-corrected chi connectivity index (χ2v) is 5.50. The Morgan fingerprint density at radius 2 is 2.00 bits per heavy atom. The van der Waals surface area contributed by atoms with Gasteiger partial charge in [0.05, 0.1) is 7.11 Å². The van der Waals surface area contributed by atoms with Crippen molar-refractivity contribution in [2.75, 3.05) is 20.3 Å². The first kappa shape index (κ1) is 18.0. The molecule has 0 saturated heterocycles. The van der Waals surface area contributed by atoms with Crippen LogP contribution >= 0.6 is 0 Å². The van der Waals surface area contributed by atoms with Crippen molar-refractivity contribution in [1.82, 2.24) is 5.32 Å². The Balaban J connectivity index is 2.38. The van der Waals surface area contributed by atoms with Gasteiger partial charge in [-0.05, 0) is 36.5 Å². The van der Waals surface area contributed by atoms with Crippen LogP contribution in [0.5, 0.6) is 5.75 Å². The van der Waals surface area contributed by atoms with E-state index >= 15 is 0 Å². The summed E-state index contributed by atoms with van der Waals surface area (Å²) in [4.78, 5) is 22.6. The monoisotopic (exact) mass is 307 g/mol. The van der Waals surface area contributed by atoms with Crippen molar-refractivity contribution >= 4 is 11.9 Å². The van der Waals surface area contributed by atoms with E-state index in [1.807, 2.05) is 19.1 Å². The molecule has 1 aromatic carbocycles. The van der Waals surface area contributed by atoms with Gasteiger partial charge in [-0.2, -0.15) is 0 Å². The van der Waals surface area contributed by atoms with Crippen molar-refractivity contribution in [2.24, 2.45) is 0 Å². The van der Waals surface area contributed by atoms with Crippen molar-refractivity contribution in [1.29, 1.82) is 0 Å². The molecular formula is C17H25NO4. The molecule has 0 aliphatic heterocycles. The highest BCUT2D eigenvalue weighted by Gasteiger charge is 2.08. The SMILES string of the molecule is COC(=O)CCCNC(=O)COc1cc(C(C)C)ccc1C. The van der Waals surface area contributed by atoms with Gasteiger partial charge in [0, 0.05) is 13.0 Å². The van der Waals surface area contributed by atoms with Gasteiger partial charge in [0.1, 0.15) is 5.75 Å². The third-order valence-corrected chi connectivity index (χ3v) is 3.35. The summed E-state index contributed by atoms with van der Waals surface area (Å²) in [6.07, 6.45) is 0.855. The van der Waals surface area contributed by atoms with E-state index in [1.165, 1.54) is 12.7 Å². The molecule has 1 amide bonds. The molecule has 122 valence electrons. The highest BCUT2D eigenvalue weighted by molar-refractivity contribution is 5.77. The van der Waals surface area contributed by atoms with Crippen molar-refractivity contribution in [3.05, 3.63) is 29.3 Å². The van der Waals surface area contributed by atoms with Gasteiger partial charge >= 0.3 is 5.97 Å². The maximum absolute atomic E-state index is 11.7. The van der Waals surface area contributed by atoms with Gasteiger partial charge in [-0.3, -0.25) is 9.59 Å². The zero-order chi connectivity index (χ0) is 16.5. The van der Waals surface area contributed by atoms with Crippen LogP contribution in [0.15, 0.2) is 18.2 Å². The number of carbonyl (C=O) groups excluding carboxylic acids is 2. The van der Waals surface area contributed by atoms with E-state index in [2.05, 4.69) is 30.0 Å². The Hall–Kier alpha value is -2.04. The van der Waals surface area contributed by atoms with E-state index in [-0.39, 0.29) is 18.5 Å². The number of ether oxygens (including phenoxy) is 2. The highest BCUT2D eigenvalue weighted by Crippen LogP contribution is 2.24. The van der Waals surface area contributed by atoms with Gasteiger partial charge in [-0.1, -0.05) is 26.0 Å². The third kappa shape index (κ3) is 6.16. The minimum atomic E-state index is -0.272. The number of rotatable bonds is 8. The normalized spacial score (nSPS) is 10.4. The number of hydrogen-bond acceptors (Lipinski definition) is 4. The van der Waals surface area contributed by atoms with Gasteiger partial charge in [-0.15, -0.1) is 0 Å². The molecule has 0 bridgehead atoms. The van der Waals surface area contributed by atoms with Gasteiger partial charge in [0.15, 0.2) is 6.61 Å². The second-order valence-electron chi connectivity index (χ2n) is 5.50. The Morgan fingerprint density at radius 3 is 2.64 bits per heavy atom. The van der Waals surface area contributed by atoms with Crippen LogP contribution in [0.25, 0.3) is 0 Å². The van der Waals surface area contributed by atoms with Crippen LogP contribution in [0.1, 0.15) is 43.7 Å². The fourth-order valence-electron chi connectivity index (χ4n) is 1.89. The maximum Gasteiger partial charge on any atom is 0.305 e. The molecule has 1 aromatic rings. The lowest BCUT2D eigenvalue weighted by molar-refractivity contribution is -0.140. The van der Waals surface area contributed by atoms with Gasteiger partial charge in [0.2, 0.25) is 0 Å². The number of benzene rings is 1. The van der Waals surface area contributed by atoms with E-state index in [0.717, 1.165) is 11.3 Å². The number of nitrogens with one attached hydrogen (secondary N) is 1. The van der Waals surface area contributed by atoms with Crippen LogP contribution in [0, 0.1) is 6.92 Å². The topological polar surface area (TPSA) is 64.6 Å². The summed E-state index contributed by atoms with van der Waals surface area (Å²) >= 11 is 0. The van der Waals surface area contributed by atoms with Crippen LogP contribution in [-0.2, 0) is 14.3 Å². The van der Waals surface area contributed by atoms with Gasteiger partial charge in [-0.25, -0.2) is 0 Å². The molecule has 0 aliphatic carbocycles. The Labute approximate surface area is 132 Å². The highest BCUT2D eigenvalue weighted by atomic mass is 16.5. The Morgan fingerprint density at radius 1 is 1.27 bits per heavy atom. The molecule has 0 heterocycles. The average Bonchev–Trinajstić information content (AvgIpc) is 2.50. The largest absolute Gasteiger partial charge is 0.483 e. The minimum Gasteiger partial charge on any atom is -0.483 e. The molecule has 5 nitrogen and oxygen atoms in total. The fraction of sp³-hybridized carbons (Fsp3) is 0.529. The Bertz CT molecular complexity index is 511. The number of carbonyl (C=O) groups is 2. The number of esters is 1. The first-order valence-corrected chi connectivity index (χ1v) is 7.51. The molecule has 0 aliphatic rings. The summed E-state index contributed by atoms with van der Waals surface area (Å²) in [6.45, 7) is 6.58. The molecule has 1 rings (SSSR count). The smallest absolute Gasteiger partial charge is 0.305 e. The molecular weight excluding hydrogens is 282 g/mol. The van der Waals surface area contributed by atoms with E-state index in [9.17, 15) is 9.59 Å². The average molecular weight is 307 g/mol. The molecule has 0 atom stereocenters. The lowest BCUT2D eigenvalue weighted by atomic mass is 10.0. The quantitative estimate of drug-likeness (QED) is 0.592. The molecule has 0 saturated carbocycles. The first-order chi connectivity index (χ1) is 10.4. The first-order valence-electron chi connectivity index (χ1n) is 7.51. The number of amides is 1. The van der Waals surface area contributed by atoms with E-state index < -0.39 is 0 Å². The van der Waals surface area contributed by atoms with Crippen LogP contribution in [0.3, 0.4) is 0 Å². The minimum absolute atomic E-state index is 0.0272. The van der Waals surface area contributed by atoms with Crippen molar-refractivity contribution in [3.8, 4) is 5.75 Å². The molecule has 0 aromatic heterocycles. The molecule has 0 fully saturated rings. The van der Waals surface area contributed by atoms with Crippen molar-refractivity contribution in [2.45, 2.75) is 39.5 Å². The maximum atomic E-state index is 11.7. The second kappa shape index (κ2) is 9.07. The lowest BCUT2D eigenvalue weighted by Gasteiger charge is -2.12. The van der Waals surface area contributed by atoms with Gasteiger partial charge in [0.25, 0.3) is 5.91 Å². The predicted octanol–water partition coefficient (Wildman–Crippen LogP) is 2.57. The number of methoxy groups -OCH3 is 1. The van der Waals surface area contributed by atoms with Gasteiger partial charge < -0.3 is 14.8 Å². The summed E-state index contributed by atoms with van der Waals surface area (Å²) < 4.78 is 10.1. The standard InChI is InChI=1S/C17H25NO4/c1-12(2)14-8-7-13(3)15(10-14)22-11-16(19)18-9-5-6-17(20)21-4/h7-8,10,12H,5-6,9,11H2,1-4H3,(H,18,19). The molecule has 0 unspecified atom stereocenters. The van der Waals surface area contributed by atoms with Crippen molar-refractivity contribution in [3.63, 3.8) is 0 Å². The Kier molecular flexibility index (Phi) is 7.43. The van der Waals surface area contributed by atoms with Crippen LogP contribution in [0.2, 0.25) is 0 Å². The summed E-state index contributed by atoms with van der Waals surface area (Å²) in [5, 5.41) is 2.72. The van der Waals surface area contributed by atoms with E-state index in [0.29, 0.717) is 25.3 Å². The molecule has 0 spiro atoms. The summed E-state index contributed by atoms with van der Waals surface area (Å²) in [7, 11) is 1.35. The molecule has 22 heavy (non-hydrogen) atoms. The van der Waals surface area contributed by atoms with Crippen LogP contribution < -0.4 is 10.1 Å². The van der Waals surface area contributed by atoms with Crippen LogP contribution in [0.4, 0.5) is 0 Å². The predicted molar refractivity (Wildman–Crippen MR) is 85.0 cm³/mol. The van der Waals surface area contributed by atoms with Crippen molar-refractivity contribution < 1.29 is 19.1 Å². The summed E-state index contributed by atoms with van der Waals surface area (Å²) in [5.74, 6) is 0.678. The van der Waals surface area contributed by atoms with Crippen LogP contribution in [-0.4, -0.2) is 32.1 Å². The van der Waals surface area contributed by atoms with E-state index in [1.54, 1.807) is 0 Å². The van der Waals surface area contributed by atoms with E-state index in [4.69, 9.17) is 4.74 Å². The molecule has 0 radical (unpaired) electrons. The molecule has 1 N–H and O–H groups in total.